The summed E-state index contributed by atoms with van der Waals surface area (Å²) in [4.78, 5) is 11.9. The monoisotopic (exact) mass is 330 g/mol. The van der Waals surface area contributed by atoms with Crippen LogP contribution in [0, 0.1) is 11.8 Å². The van der Waals surface area contributed by atoms with E-state index in [1.165, 1.54) is 38.5 Å². The van der Waals surface area contributed by atoms with E-state index in [1.54, 1.807) is 0 Å². The maximum atomic E-state index is 11.9. The summed E-state index contributed by atoms with van der Waals surface area (Å²) in [6, 6.07) is 0.00896. The van der Waals surface area contributed by atoms with Gasteiger partial charge >= 0.3 is 6.03 Å². The molecule has 2 N–H and O–H groups in total. The predicted octanol–water partition coefficient (Wildman–Crippen LogP) is 2.47. The molecule has 1 heterocycles. The summed E-state index contributed by atoms with van der Waals surface area (Å²) in [5, 5.41) is 5.78. The van der Waals surface area contributed by atoms with E-state index in [1.807, 2.05) is 6.92 Å². The highest BCUT2D eigenvalue weighted by molar-refractivity contribution is 7.91. The molecule has 0 spiro atoms. The van der Waals surface area contributed by atoms with Gasteiger partial charge in [-0.05, 0) is 38.0 Å². The standard InChI is InChI=1S/C16H30N2O3S/c1-13(7-8-14-5-3-2-4-6-14)18-16(19)17-11-15-9-10-22(20,21)12-15/h13-15H,2-12H2,1H3,(H2,17,18,19)/t13-,15+/m0/s1. The number of hydrogen-bond acceptors (Lipinski definition) is 3. The Morgan fingerprint density at radius 3 is 2.50 bits per heavy atom. The molecular weight excluding hydrogens is 300 g/mol. The molecule has 6 heteroatoms. The maximum absolute atomic E-state index is 11.9. The number of sulfone groups is 1. The molecule has 2 aliphatic rings. The highest BCUT2D eigenvalue weighted by Crippen LogP contribution is 2.27. The van der Waals surface area contributed by atoms with E-state index in [-0.39, 0.29) is 29.5 Å². The molecule has 0 aromatic carbocycles. The van der Waals surface area contributed by atoms with Gasteiger partial charge in [-0.15, -0.1) is 0 Å². The van der Waals surface area contributed by atoms with Crippen LogP contribution in [0.4, 0.5) is 4.79 Å². The third-order valence-corrected chi connectivity index (χ3v) is 6.83. The van der Waals surface area contributed by atoms with Crippen molar-refractivity contribution in [3.05, 3.63) is 0 Å². The van der Waals surface area contributed by atoms with Crippen LogP contribution in [0.25, 0.3) is 0 Å². The van der Waals surface area contributed by atoms with Crippen LogP contribution >= 0.6 is 0 Å². The summed E-state index contributed by atoms with van der Waals surface area (Å²) in [6.07, 6.45) is 9.67. The molecule has 128 valence electrons. The van der Waals surface area contributed by atoms with Crippen molar-refractivity contribution in [3.8, 4) is 0 Å². The Bertz CT molecular complexity index is 458. The van der Waals surface area contributed by atoms with Gasteiger partial charge in [-0.25, -0.2) is 13.2 Å². The van der Waals surface area contributed by atoms with Crippen molar-refractivity contribution in [2.24, 2.45) is 11.8 Å². The Hall–Kier alpha value is -0.780. The average Bonchev–Trinajstić information content (AvgIpc) is 2.83. The van der Waals surface area contributed by atoms with Crippen molar-refractivity contribution < 1.29 is 13.2 Å². The van der Waals surface area contributed by atoms with Crippen molar-refractivity contribution in [3.63, 3.8) is 0 Å². The molecule has 0 unspecified atom stereocenters. The molecule has 2 fully saturated rings. The van der Waals surface area contributed by atoms with E-state index >= 15 is 0 Å². The number of carbonyl (C=O) groups is 1. The minimum Gasteiger partial charge on any atom is -0.338 e. The number of urea groups is 1. The van der Waals surface area contributed by atoms with Crippen molar-refractivity contribution in [2.45, 2.75) is 64.3 Å². The summed E-state index contributed by atoms with van der Waals surface area (Å²) in [6.45, 7) is 2.50. The van der Waals surface area contributed by atoms with Crippen LogP contribution < -0.4 is 10.6 Å². The quantitative estimate of drug-likeness (QED) is 0.785. The summed E-state index contributed by atoms with van der Waals surface area (Å²) in [5.74, 6) is 1.39. The van der Waals surface area contributed by atoms with Crippen molar-refractivity contribution in [1.29, 1.82) is 0 Å². The Morgan fingerprint density at radius 2 is 1.86 bits per heavy atom. The summed E-state index contributed by atoms with van der Waals surface area (Å²) in [7, 11) is -2.86. The van der Waals surface area contributed by atoms with E-state index in [4.69, 9.17) is 0 Å². The van der Waals surface area contributed by atoms with Gasteiger partial charge in [0.1, 0.15) is 0 Å². The van der Waals surface area contributed by atoms with Crippen LogP contribution in [-0.2, 0) is 9.84 Å². The topological polar surface area (TPSA) is 75.3 Å². The highest BCUT2D eigenvalue weighted by atomic mass is 32.2. The fraction of sp³-hybridized carbons (Fsp3) is 0.938. The van der Waals surface area contributed by atoms with E-state index in [0.717, 1.165) is 12.3 Å². The Morgan fingerprint density at radius 1 is 1.14 bits per heavy atom. The number of amides is 2. The zero-order valence-corrected chi connectivity index (χ0v) is 14.5. The van der Waals surface area contributed by atoms with E-state index in [2.05, 4.69) is 10.6 Å². The van der Waals surface area contributed by atoms with Crippen LogP contribution in [-0.4, -0.2) is 38.5 Å². The second kappa shape index (κ2) is 8.18. The van der Waals surface area contributed by atoms with Gasteiger partial charge in [0.25, 0.3) is 0 Å². The van der Waals surface area contributed by atoms with E-state index < -0.39 is 9.84 Å². The largest absolute Gasteiger partial charge is 0.338 e. The first-order valence-electron chi connectivity index (χ1n) is 8.69. The van der Waals surface area contributed by atoms with Gasteiger partial charge in [0.2, 0.25) is 0 Å². The second-order valence-corrected chi connectivity index (χ2v) is 9.33. The lowest BCUT2D eigenvalue weighted by molar-refractivity contribution is 0.234. The van der Waals surface area contributed by atoms with Gasteiger partial charge in [0.15, 0.2) is 9.84 Å². The van der Waals surface area contributed by atoms with Gasteiger partial charge in [-0.1, -0.05) is 32.1 Å². The molecule has 0 bridgehead atoms. The molecule has 0 aromatic heterocycles. The zero-order chi connectivity index (χ0) is 16.0. The van der Waals surface area contributed by atoms with Crippen LogP contribution in [0.5, 0.6) is 0 Å². The van der Waals surface area contributed by atoms with Crippen LogP contribution in [0.15, 0.2) is 0 Å². The van der Waals surface area contributed by atoms with E-state index in [9.17, 15) is 13.2 Å². The van der Waals surface area contributed by atoms with Crippen molar-refractivity contribution in [1.82, 2.24) is 10.6 Å². The first kappa shape index (κ1) is 17.6. The molecule has 1 saturated heterocycles. The van der Waals surface area contributed by atoms with Crippen molar-refractivity contribution >= 4 is 15.9 Å². The summed E-state index contributed by atoms with van der Waals surface area (Å²) in [5.41, 5.74) is 0. The van der Waals surface area contributed by atoms with Crippen molar-refractivity contribution in [2.75, 3.05) is 18.1 Å². The molecule has 0 aromatic rings. The SMILES string of the molecule is C[C@@H](CCC1CCCCC1)NC(=O)NC[C@H]1CCS(=O)(=O)C1. The normalized spacial score (nSPS) is 26.5. The summed E-state index contributed by atoms with van der Waals surface area (Å²) < 4.78 is 22.7. The average molecular weight is 330 g/mol. The van der Waals surface area contributed by atoms with Crippen LogP contribution in [0.1, 0.15) is 58.3 Å². The Kier molecular flexibility index (Phi) is 6.53. The lowest BCUT2D eigenvalue weighted by atomic mass is 9.85. The Labute approximate surface area is 134 Å². The smallest absolute Gasteiger partial charge is 0.315 e. The molecule has 1 aliphatic heterocycles. The van der Waals surface area contributed by atoms with Crippen LogP contribution in [0.3, 0.4) is 0 Å². The summed E-state index contributed by atoms with van der Waals surface area (Å²) >= 11 is 0. The molecule has 5 nitrogen and oxygen atoms in total. The van der Waals surface area contributed by atoms with Crippen LogP contribution in [0.2, 0.25) is 0 Å². The molecular formula is C16H30N2O3S. The third kappa shape index (κ3) is 6.15. The molecule has 2 amide bonds. The highest BCUT2D eigenvalue weighted by Gasteiger charge is 2.28. The zero-order valence-electron chi connectivity index (χ0n) is 13.6. The first-order chi connectivity index (χ1) is 10.4. The van der Waals surface area contributed by atoms with E-state index in [0.29, 0.717) is 13.0 Å². The maximum Gasteiger partial charge on any atom is 0.315 e. The predicted molar refractivity (Wildman–Crippen MR) is 88.6 cm³/mol. The van der Waals surface area contributed by atoms with Gasteiger partial charge in [0.05, 0.1) is 11.5 Å². The Balaban J connectivity index is 1.57. The lowest BCUT2D eigenvalue weighted by Crippen LogP contribution is -2.42. The van der Waals surface area contributed by atoms with Gasteiger partial charge in [0, 0.05) is 12.6 Å². The first-order valence-corrected chi connectivity index (χ1v) is 10.5. The molecule has 2 atom stereocenters. The second-order valence-electron chi connectivity index (χ2n) is 7.11. The number of hydrogen-bond donors (Lipinski definition) is 2. The molecule has 0 radical (unpaired) electrons. The molecule has 2 rings (SSSR count). The minimum absolute atomic E-state index is 0.0771. The number of nitrogens with one attached hydrogen (secondary N) is 2. The van der Waals surface area contributed by atoms with Gasteiger partial charge in [-0.3, -0.25) is 0 Å². The fourth-order valence-corrected chi connectivity index (χ4v) is 5.44. The lowest BCUT2D eigenvalue weighted by Gasteiger charge is -2.23. The molecule has 1 saturated carbocycles. The minimum atomic E-state index is -2.86. The third-order valence-electron chi connectivity index (χ3n) is 4.99. The number of carbonyl (C=O) groups excluding carboxylic acids is 1. The fourth-order valence-electron chi connectivity index (χ4n) is 3.58. The van der Waals surface area contributed by atoms with Gasteiger partial charge in [-0.2, -0.15) is 0 Å². The molecule has 22 heavy (non-hydrogen) atoms. The molecule has 1 aliphatic carbocycles. The number of rotatable bonds is 6. The van der Waals surface area contributed by atoms with Gasteiger partial charge < -0.3 is 10.6 Å².